The van der Waals surface area contributed by atoms with Crippen molar-refractivity contribution < 1.29 is 0 Å². The van der Waals surface area contributed by atoms with E-state index in [9.17, 15) is 0 Å². The van der Waals surface area contributed by atoms with E-state index >= 15 is 0 Å². The van der Waals surface area contributed by atoms with Gasteiger partial charge in [-0.3, -0.25) is 0 Å². The summed E-state index contributed by atoms with van der Waals surface area (Å²) in [6.45, 7) is 10.1. The number of aliphatic imine (C=N–C) groups is 1. The molecule has 0 aromatic heterocycles. The van der Waals surface area contributed by atoms with E-state index < -0.39 is 0 Å². The molecule has 0 radical (unpaired) electrons. The maximum absolute atomic E-state index is 5.72. The van der Waals surface area contributed by atoms with E-state index in [1.165, 1.54) is 5.57 Å². The number of allylic oxidation sites excluding steroid dienone is 3. The standard InChI is InChI=1S/C12H22N2/c1-5-9-10(6-2)11(7-3)14-12(13)8-4/h6H,2,5,7-9H2,1,3-4H3,(H2,13,14)/b11-10+. The monoisotopic (exact) mass is 194 g/mol. The SMILES string of the molecule is C=C/C(CCC)=C(/CC)N=C(N)CC. The van der Waals surface area contributed by atoms with Gasteiger partial charge in [-0.05, 0) is 18.4 Å². The van der Waals surface area contributed by atoms with Gasteiger partial charge in [0.15, 0.2) is 0 Å². The van der Waals surface area contributed by atoms with Crippen LogP contribution in [0.4, 0.5) is 0 Å². The van der Waals surface area contributed by atoms with Gasteiger partial charge in [-0.25, -0.2) is 4.99 Å². The molecule has 14 heavy (non-hydrogen) atoms. The van der Waals surface area contributed by atoms with Gasteiger partial charge in [-0.1, -0.05) is 39.8 Å². The van der Waals surface area contributed by atoms with E-state index in [2.05, 4.69) is 25.4 Å². The molecule has 2 heteroatoms. The minimum atomic E-state index is 0.706. The second-order valence-corrected chi connectivity index (χ2v) is 3.24. The molecule has 0 aromatic carbocycles. The number of nitrogens with two attached hydrogens (primary N) is 1. The number of rotatable bonds is 6. The van der Waals surface area contributed by atoms with Crippen LogP contribution in [-0.2, 0) is 0 Å². The largest absolute Gasteiger partial charge is 0.387 e. The van der Waals surface area contributed by atoms with Crippen molar-refractivity contribution in [1.29, 1.82) is 0 Å². The molecule has 0 rings (SSSR count). The van der Waals surface area contributed by atoms with Gasteiger partial charge in [0.2, 0.25) is 0 Å². The highest BCUT2D eigenvalue weighted by Gasteiger charge is 2.00. The van der Waals surface area contributed by atoms with Crippen LogP contribution in [0.3, 0.4) is 0 Å². The Hall–Kier alpha value is -1.05. The molecule has 0 unspecified atom stereocenters. The third kappa shape index (κ3) is 4.26. The topological polar surface area (TPSA) is 38.4 Å². The fourth-order valence-corrected chi connectivity index (χ4v) is 1.26. The lowest BCUT2D eigenvalue weighted by Crippen LogP contribution is -2.10. The summed E-state index contributed by atoms with van der Waals surface area (Å²) in [6, 6.07) is 0. The van der Waals surface area contributed by atoms with Crippen LogP contribution in [0.1, 0.15) is 46.5 Å². The molecule has 2 nitrogen and oxygen atoms in total. The van der Waals surface area contributed by atoms with Gasteiger partial charge < -0.3 is 5.73 Å². The number of hydrogen-bond donors (Lipinski definition) is 1. The Morgan fingerprint density at radius 1 is 1.29 bits per heavy atom. The van der Waals surface area contributed by atoms with Crippen LogP contribution in [-0.4, -0.2) is 5.84 Å². The van der Waals surface area contributed by atoms with Crippen LogP contribution >= 0.6 is 0 Å². The molecular formula is C12H22N2. The molecule has 2 N–H and O–H groups in total. The molecule has 0 heterocycles. The molecule has 0 atom stereocenters. The van der Waals surface area contributed by atoms with Crippen molar-refractivity contribution in [3.63, 3.8) is 0 Å². The number of hydrogen-bond acceptors (Lipinski definition) is 1. The van der Waals surface area contributed by atoms with Crippen LogP contribution in [0, 0.1) is 0 Å². The second-order valence-electron chi connectivity index (χ2n) is 3.24. The molecule has 0 aliphatic rings. The van der Waals surface area contributed by atoms with Gasteiger partial charge >= 0.3 is 0 Å². The molecule has 0 aromatic rings. The third-order valence-corrected chi connectivity index (χ3v) is 2.11. The van der Waals surface area contributed by atoms with Gasteiger partial charge in [0.1, 0.15) is 0 Å². The summed E-state index contributed by atoms with van der Waals surface area (Å²) in [5.74, 6) is 0.706. The predicted octanol–water partition coefficient (Wildman–Crippen LogP) is 3.40. The molecule has 0 saturated heterocycles. The molecule has 0 spiro atoms. The number of nitrogens with zero attached hydrogens (tertiary/aromatic N) is 1. The lowest BCUT2D eigenvalue weighted by molar-refractivity contribution is 0.889. The Morgan fingerprint density at radius 3 is 2.29 bits per heavy atom. The second kappa shape index (κ2) is 7.36. The predicted molar refractivity (Wildman–Crippen MR) is 64.3 cm³/mol. The summed E-state index contributed by atoms with van der Waals surface area (Å²) in [5.41, 5.74) is 8.03. The lowest BCUT2D eigenvalue weighted by atomic mass is 10.1. The molecule has 0 amide bonds. The zero-order valence-electron chi connectivity index (χ0n) is 9.64. The quantitative estimate of drug-likeness (QED) is 0.393. The number of amidine groups is 1. The first-order chi connectivity index (χ1) is 6.69. The van der Waals surface area contributed by atoms with Crippen molar-refractivity contribution in [2.45, 2.75) is 46.5 Å². The minimum absolute atomic E-state index is 0.706. The average molecular weight is 194 g/mol. The van der Waals surface area contributed by atoms with E-state index in [4.69, 9.17) is 5.73 Å². The Bertz CT molecular complexity index is 237. The van der Waals surface area contributed by atoms with E-state index in [1.54, 1.807) is 0 Å². The fourth-order valence-electron chi connectivity index (χ4n) is 1.26. The van der Waals surface area contributed by atoms with Crippen LogP contribution < -0.4 is 5.73 Å². The van der Waals surface area contributed by atoms with Crippen LogP contribution in [0.15, 0.2) is 28.9 Å². The third-order valence-electron chi connectivity index (χ3n) is 2.11. The van der Waals surface area contributed by atoms with Gasteiger partial charge in [-0.2, -0.15) is 0 Å². The summed E-state index contributed by atoms with van der Waals surface area (Å²) in [5, 5.41) is 0. The minimum Gasteiger partial charge on any atom is -0.387 e. The van der Waals surface area contributed by atoms with Gasteiger partial charge in [0, 0.05) is 12.1 Å². The van der Waals surface area contributed by atoms with Crippen LogP contribution in [0.2, 0.25) is 0 Å². The zero-order chi connectivity index (χ0) is 11.0. The van der Waals surface area contributed by atoms with Crippen molar-refractivity contribution in [1.82, 2.24) is 0 Å². The first-order valence-electron chi connectivity index (χ1n) is 5.36. The molecule has 0 saturated carbocycles. The molecule has 0 bridgehead atoms. The highest BCUT2D eigenvalue weighted by molar-refractivity contribution is 5.81. The van der Waals surface area contributed by atoms with E-state index in [0.717, 1.165) is 31.4 Å². The van der Waals surface area contributed by atoms with E-state index in [0.29, 0.717) is 5.84 Å². The van der Waals surface area contributed by atoms with Crippen LogP contribution in [0.5, 0.6) is 0 Å². The Morgan fingerprint density at radius 2 is 1.93 bits per heavy atom. The van der Waals surface area contributed by atoms with Crippen molar-refractivity contribution >= 4 is 5.84 Å². The van der Waals surface area contributed by atoms with Crippen LogP contribution in [0.25, 0.3) is 0 Å². The van der Waals surface area contributed by atoms with Crippen molar-refractivity contribution in [2.24, 2.45) is 10.7 Å². The smallest absolute Gasteiger partial charge is 0.0989 e. The molecule has 0 aliphatic heterocycles. The summed E-state index contributed by atoms with van der Waals surface area (Å²) in [6.07, 6.45) is 5.77. The first-order valence-corrected chi connectivity index (χ1v) is 5.36. The maximum atomic E-state index is 5.72. The summed E-state index contributed by atoms with van der Waals surface area (Å²) in [7, 11) is 0. The normalized spacial score (nSPS) is 13.8. The Kier molecular flexibility index (Phi) is 6.81. The Balaban J connectivity index is 4.87. The van der Waals surface area contributed by atoms with E-state index in [-0.39, 0.29) is 0 Å². The highest BCUT2D eigenvalue weighted by Crippen LogP contribution is 2.16. The van der Waals surface area contributed by atoms with Gasteiger partial charge in [0.25, 0.3) is 0 Å². The molecular weight excluding hydrogens is 172 g/mol. The average Bonchev–Trinajstić information content (AvgIpc) is 2.22. The van der Waals surface area contributed by atoms with Gasteiger partial charge in [0.05, 0.1) is 5.84 Å². The summed E-state index contributed by atoms with van der Waals surface area (Å²) >= 11 is 0. The van der Waals surface area contributed by atoms with Crippen molar-refractivity contribution in [2.75, 3.05) is 0 Å². The summed E-state index contributed by atoms with van der Waals surface area (Å²) < 4.78 is 0. The van der Waals surface area contributed by atoms with Crippen molar-refractivity contribution in [3.8, 4) is 0 Å². The zero-order valence-corrected chi connectivity index (χ0v) is 9.64. The van der Waals surface area contributed by atoms with Gasteiger partial charge in [-0.15, -0.1) is 0 Å². The maximum Gasteiger partial charge on any atom is 0.0989 e. The molecule has 0 aliphatic carbocycles. The molecule has 80 valence electrons. The highest BCUT2D eigenvalue weighted by atomic mass is 14.9. The summed E-state index contributed by atoms with van der Waals surface area (Å²) in [4.78, 5) is 4.41. The fraction of sp³-hybridized carbons (Fsp3) is 0.583. The lowest BCUT2D eigenvalue weighted by Gasteiger charge is -2.06. The van der Waals surface area contributed by atoms with Crippen molar-refractivity contribution in [3.05, 3.63) is 23.9 Å². The first kappa shape index (κ1) is 12.9. The Labute approximate surface area is 87.6 Å². The van der Waals surface area contributed by atoms with E-state index in [1.807, 2.05) is 13.0 Å². The molecule has 0 fully saturated rings.